The van der Waals surface area contributed by atoms with Crippen molar-refractivity contribution in [1.82, 2.24) is 0 Å². The zero-order valence-corrected chi connectivity index (χ0v) is 17.2. The third kappa shape index (κ3) is 3.19. The van der Waals surface area contributed by atoms with Crippen LogP contribution in [0.3, 0.4) is 0 Å². The van der Waals surface area contributed by atoms with Crippen molar-refractivity contribution in [3.8, 4) is 0 Å². The lowest BCUT2D eigenvalue weighted by Crippen LogP contribution is -2.53. The Hall–Kier alpha value is -2.17. The molecule has 0 aromatic carbocycles. The number of carboxylic acid groups (broad SMARTS) is 1. The largest absolute Gasteiger partial charge is 0.478 e. The standard InChI is InChI=1S/C24H30O5/c1-23-11-4-6-18(23)17-9-8-16-5-3-7-20(24(16,2)19(17)10-12-23)29-21(26)13-15(14-25)22(27)28/h5,8-9,13-14,17-20H,3-4,6-7,10-12H2,1-2H3,(H,27,28)/b15-13-/t17-,18-,19-,20?,23-,24-/m0/s1. The van der Waals surface area contributed by atoms with Crippen LogP contribution in [0.4, 0.5) is 0 Å². The maximum absolute atomic E-state index is 12.4. The molecule has 4 aliphatic rings. The molecule has 2 saturated carbocycles. The molecular weight excluding hydrogens is 368 g/mol. The predicted octanol–water partition coefficient (Wildman–Crippen LogP) is 4.24. The molecule has 4 rings (SSSR count). The molecule has 0 aliphatic heterocycles. The Morgan fingerprint density at radius 2 is 1.97 bits per heavy atom. The molecule has 0 spiro atoms. The second-order valence-corrected chi connectivity index (χ2v) is 9.70. The molecule has 6 atom stereocenters. The summed E-state index contributed by atoms with van der Waals surface area (Å²) in [5, 5.41) is 9.01. The van der Waals surface area contributed by atoms with Crippen LogP contribution in [-0.2, 0) is 19.1 Å². The van der Waals surface area contributed by atoms with Crippen LogP contribution in [0.25, 0.3) is 0 Å². The average Bonchev–Trinajstić information content (AvgIpc) is 3.08. The topological polar surface area (TPSA) is 80.7 Å². The molecule has 0 amide bonds. The Kier molecular flexibility index (Phi) is 5.04. The number of ether oxygens (including phenoxy) is 1. The van der Waals surface area contributed by atoms with Crippen LogP contribution in [0.15, 0.2) is 35.5 Å². The van der Waals surface area contributed by atoms with Gasteiger partial charge < -0.3 is 9.84 Å². The minimum atomic E-state index is -1.42. The Morgan fingerprint density at radius 3 is 2.69 bits per heavy atom. The fraction of sp³-hybridized carbons (Fsp3) is 0.625. The molecule has 0 saturated heterocycles. The maximum Gasteiger partial charge on any atom is 0.339 e. The van der Waals surface area contributed by atoms with Gasteiger partial charge in [0, 0.05) is 11.5 Å². The van der Waals surface area contributed by atoms with E-state index in [1.165, 1.54) is 31.3 Å². The van der Waals surface area contributed by atoms with E-state index >= 15 is 0 Å². The molecule has 0 bridgehead atoms. The van der Waals surface area contributed by atoms with E-state index in [-0.39, 0.29) is 17.8 Å². The molecule has 1 unspecified atom stereocenters. The first-order valence-electron chi connectivity index (χ1n) is 10.8. The van der Waals surface area contributed by atoms with Crippen molar-refractivity contribution >= 4 is 18.2 Å². The number of esters is 1. The first-order chi connectivity index (χ1) is 13.8. The lowest BCUT2D eigenvalue weighted by Gasteiger charge is -2.57. The van der Waals surface area contributed by atoms with Gasteiger partial charge in [-0.25, -0.2) is 9.59 Å². The average molecular weight is 398 g/mol. The SMILES string of the molecule is C[C@@]12CCC[C@H]1[C@@H]1C=CC3=CCCC(OC(=O)/C=C(/C=O)C(=O)O)[C@]3(C)[C@H]1CC2. The highest BCUT2D eigenvalue weighted by molar-refractivity contribution is 6.10. The molecule has 5 nitrogen and oxygen atoms in total. The summed E-state index contributed by atoms with van der Waals surface area (Å²) in [6.45, 7) is 4.66. The quantitative estimate of drug-likeness (QED) is 0.252. The van der Waals surface area contributed by atoms with Crippen molar-refractivity contribution in [1.29, 1.82) is 0 Å². The Balaban J connectivity index is 1.63. The van der Waals surface area contributed by atoms with Crippen LogP contribution >= 0.6 is 0 Å². The van der Waals surface area contributed by atoms with Gasteiger partial charge in [-0.15, -0.1) is 0 Å². The monoisotopic (exact) mass is 398 g/mol. The third-order valence-electron chi connectivity index (χ3n) is 8.37. The fourth-order valence-corrected chi connectivity index (χ4v) is 6.79. The van der Waals surface area contributed by atoms with E-state index in [9.17, 15) is 14.4 Å². The number of fused-ring (bicyclic) bond motifs is 5. The number of aldehydes is 1. The van der Waals surface area contributed by atoms with Crippen molar-refractivity contribution in [2.75, 3.05) is 0 Å². The van der Waals surface area contributed by atoms with Crippen LogP contribution in [0.5, 0.6) is 0 Å². The van der Waals surface area contributed by atoms with Crippen LogP contribution in [-0.4, -0.2) is 29.4 Å². The molecule has 29 heavy (non-hydrogen) atoms. The second-order valence-electron chi connectivity index (χ2n) is 9.70. The van der Waals surface area contributed by atoms with Gasteiger partial charge in [-0.1, -0.05) is 38.5 Å². The van der Waals surface area contributed by atoms with E-state index in [1.54, 1.807) is 0 Å². The summed E-state index contributed by atoms with van der Waals surface area (Å²) >= 11 is 0. The van der Waals surface area contributed by atoms with Gasteiger partial charge in [0.1, 0.15) is 11.7 Å². The normalized spacial score (nSPS) is 40.9. The summed E-state index contributed by atoms with van der Waals surface area (Å²) in [4.78, 5) is 34.4. The second kappa shape index (κ2) is 7.26. The van der Waals surface area contributed by atoms with Gasteiger partial charge >= 0.3 is 11.9 Å². The van der Waals surface area contributed by atoms with E-state index in [1.807, 2.05) is 0 Å². The van der Waals surface area contributed by atoms with Gasteiger partial charge in [0.25, 0.3) is 0 Å². The van der Waals surface area contributed by atoms with Crippen molar-refractivity contribution in [2.24, 2.45) is 28.6 Å². The van der Waals surface area contributed by atoms with E-state index in [0.29, 0.717) is 23.2 Å². The van der Waals surface area contributed by atoms with Gasteiger partial charge in [-0.3, -0.25) is 4.79 Å². The summed E-state index contributed by atoms with van der Waals surface area (Å²) in [5.41, 5.74) is 0.817. The summed E-state index contributed by atoms with van der Waals surface area (Å²) in [6, 6.07) is 0. The zero-order valence-electron chi connectivity index (χ0n) is 17.2. The summed E-state index contributed by atoms with van der Waals surface area (Å²) in [6.07, 6.45) is 15.4. The Bertz CT molecular complexity index is 821. The van der Waals surface area contributed by atoms with Crippen LogP contribution < -0.4 is 0 Å². The number of allylic oxidation sites excluding steroid dienone is 3. The Morgan fingerprint density at radius 1 is 1.17 bits per heavy atom. The lowest BCUT2D eigenvalue weighted by molar-refractivity contribution is -0.155. The lowest BCUT2D eigenvalue weighted by atomic mass is 9.49. The molecule has 2 fully saturated rings. The van der Waals surface area contributed by atoms with E-state index in [2.05, 4.69) is 32.1 Å². The molecule has 156 valence electrons. The summed E-state index contributed by atoms with van der Waals surface area (Å²) < 4.78 is 5.82. The number of aliphatic carboxylic acids is 1. The van der Waals surface area contributed by atoms with Crippen molar-refractivity contribution in [3.05, 3.63) is 35.5 Å². The Labute approximate surface area is 171 Å². The summed E-state index contributed by atoms with van der Waals surface area (Å²) in [5.74, 6) is -0.557. The molecule has 1 N–H and O–H groups in total. The number of hydrogen-bond acceptors (Lipinski definition) is 4. The van der Waals surface area contributed by atoms with Gasteiger partial charge in [0.15, 0.2) is 6.29 Å². The molecule has 0 radical (unpaired) electrons. The molecule has 0 heterocycles. The van der Waals surface area contributed by atoms with Crippen LogP contribution in [0, 0.1) is 28.6 Å². The smallest absolute Gasteiger partial charge is 0.339 e. The minimum absolute atomic E-state index is 0.180. The highest BCUT2D eigenvalue weighted by atomic mass is 16.5. The van der Waals surface area contributed by atoms with E-state index in [4.69, 9.17) is 9.84 Å². The highest BCUT2D eigenvalue weighted by Gasteiger charge is 2.57. The van der Waals surface area contributed by atoms with Crippen molar-refractivity contribution in [3.63, 3.8) is 0 Å². The van der Waals surface area contributed by atoms with E-state index in [0.717, 1.165) is 25.3 Å². The first kappa shape index (κ1) is 20.1. The molecule has 5 heteroatoms. The maximum atomic E-state index is 12.4. The molecular formula is C24H30O5. The van der Waals surface area contributed by atoms with E-state index < -0.39 is 17.5 Å². The molecule has 4 aliphatic carbocycles. The summed E-state index contributed by atoms with van der Waals surface area (Å²) in [7, 11) is 0. The number of carbonyl (C=O) groups is 3. The van der Waals surface area contributed by atoms with Gasteiger partial charge in [0.05, 0.1) is 0 Å². The third-order valence-corrected chi connectivity index (χ3v) is 8.37. The van der Waals surface area contributed by atoms with Gasteiger partial charge in [-0.05, 0) is 67.3 Å². The molecule has 0 aromatic heterocycles. The number of hydrogen-bond donors (Lipinski definition) is 1. The fourth-order valence-electron chi connectivity index (χ4n) is 6.79. The number of carboxylic acids is 1. The number of rotatable bonds is 4. The molecule has 0 aromatic rings. The van der Waals surface area contributed by atoms with Crippen LogP contribution in [0.1, 0.15) is 58.8 Å². The minimum Gasteiger partial charge on any atom is -0.478 e. The number of carbonyl (C=O) groups excluding carboxylic acids is 2. The highest BCUT2D eigenvalue weighted by Crippen LogP contribution is 2.64. The van der Waals surface area contributed by atoms with Crippen molar-refractivity contribution in [2.45, 2.75) is 64.9 Å². The first-order valence-corrected chi connectivity index (χ1v) is 10.8. The van der Waals surface area contributed by atoms with Crippen molar-refractivity contribution < 1.29 is 24.2 Å². The zero-order chi connectivity index (χ0) is 20.8. The van der Waals surface area contributed by atoms with Gasteiger partial charge in [-0.2, -0.15) is 0 Å². The van der Waals surface area contributed by atoms with Gasteiger partial charge in [0.2, 0.25) is 0 Å². The van der Waals surface area contributed by atoms with Crippen LogP contribution in [0.2, 0.25) is 0 Å². The predicted molar refractivity (Wildman–Crippen MR) is 108 cm³/mol.